The molecule has 3 rings (SSSR count). The van der Waals surface area contributed by atoms with E-state index in [0.29, 0.717) is 18.4 Å². The first-order chi connectivity index (χ1) is 10.0. The van der Waals surface area contributed by atoms with Crippen LogP contribution in [0.1, 0.15) is 30.1 Å². The average molecular weight is 285 g/mol. The predicted octanol–water partition coefficient (Wildman–Crippen LogP) is 1.07. The van der Waals surface area contributed by atoms with E-state index in [0.717, 1.165) is 5.01 Å². The van der Waals surface area contributed by atoms with Crippen LogP contribution in [0.3, 0.4) is 0 Å². The zero-order valence-corrected chi connectivity index (χ0v) is 11.6. The summed E-state index contributed by atoms with van der Waals surface area (Å²) in [5.41, 5.74) is 2.01. The minimum absolute atomic E-state index is 0.339. The minimum Gasteiger partial charge on any atom is -0.272 e. The summed E-state index contributed by atoms with van der Waals surface area (Å²) < 4.78 is 0. The normalized spacial score (nSPS) is 27.7. The van der Waals surface area contributed by atoms with Crippen molar-refractivity contribution in [3.05, 3.63) is 42.2 Å². The highest BCUT2D eigenvalue weighted by atomic mass is 16.2. The van der Waals surface area contributed by atoms with Gasteiger partial charge in [0, 0.05) is 18.0 Å². The standard InChI is InChI=1S/C15H15N3O3/c1-15-7-3-2-4-11(15)13(20)18(14(15)21)17-12(19)10-5-8-16-9-6-10/h2-3,5-6,8-9,11H,4,7H2,1H3,(H,17,19)/t11-,15-/m1/s1. The Balaban J connectivity index is 1.83. The number of amides is 3. The lowest BCUT2D eigenvalue weighted by atomic mass is 9.72. The second-order valence-corrected chi connectivity index (χ2v) is 5.54. The van der Waals surface area contributed by atoms with Gasteiger partial charge in [-0.3, -0.25) is 24.8 Å². The molecule has 0 aromatic carbocycles. The summed E-state index contributed by atoms with van der Waals surface area (Å²) in [6, 6.07) is 3.05. The molecule has 1 fully saturated rings. The number of aromatic nitrogens is 1. The number of nitrogens with zero attached hydrogens (tertiary/aromatic N) is 2. The van der Waals surface area contributed by atoms with Gasteiger partial charge in [0.2, 0.25) is 0 Å². The first-order valence-corrected chi connectivity index (χ1v) is 6.78. The molecule has 0 spiro atoms. The van der Waals surface area contributed by atoms with Gasteiger partial charge in [-0.2, -0.15) is 5.01 Å². The van der Waals surface area contributed by atoms with Crippen molar-refractivity contribution in [2.24, 2.45) is 11.3 Å². The first-order valence-electron chi connectivity index (χ1n) is 6.78. The van der Waals surface area contributed by atoms with Crippen LogP contribution < -0.4 is 5.43 Å². The van der Waals surface area contributed by atoms with Crippen molar-refractivity contribution in [1.29, 1.82) is 0 Å². The molecule has 1 N–H and O–H groups in total. The summed E-state index contributed by atoms with van der Waals surface area (Å²) in [7, 11) is 0. The average Bonchev–Trinajstić information content (AvgIpc) is 2.69. The number of pyridine rings is 1. The Hall–Kier alpha value is -2.50. The van der Waals surface area contributed by atoms with E-state index in [4.69, 9.17) is 0 Å². The molecular weight excluding hydrogens is 270 g/mol. The van der Waals surface area contributed by atoms with Crippen LogP contribution in [0.25, 0.3) is 0 Å². The maximum atomic E-state index is 12.5. The van der Waals surface area contributed by atoms with Crippen molar-refractivity contribution >= 4 is 17.7 Å². The molecule has 3 amide bonds. The van der Waals surface area contributed by atoms with E-state index >= 15 is 0 Å². The SMILES string of the molecule is C[C@@]12CC=CC[C@@H]1C(=O)N(NC(=O)c1ccncc1)C2=O. The third-order valence-corrected chi connectivity index (χ3v) is 4.22. The maximum Gasteiger partial charge on any atom is 0.270 e. The number of rotatable bonds is 2. The zero-order chi connectivity index (χ0) is 15.0. The van der Waals surface area contributed by atoms with Gasteiger partial charge in [-0.25, -0.2) is 0 Å². The van der Waals surface area contributed by atoms with Crippen LogP contribution in [0, 0.1) is 11.3 Å². The van der Waals surface area contributed by atoms with E-state index in [2.05, 4.69) is 10.4 Å². The molecule has 1 aromatic heterocycles. The third kappa shape index (κ3) is 2.03. The molecule has 21 heavy (non-hydrogen) atoms. The Bertz CT molecular complexity index is 641. The van der Waals surface area contributed by atoms with Gasteiger partial charge in [0.25, 0.3) is 17.7 Å². The molecule has 0 unspecified atom stereocenters. The van der Waals surface area contributed by atoms with Crippen molar-refractivity contribution in [2.75, 3.05) is 0 Å². The van der Waals surface area contributed by atoms with Crippen molar-refractivity contribution < 1.29 is 14.4 Å². The minimum atomic E-state index is -0.753. The quantitative estimate of drug-likeness (QED) is 0.651. The number of carbonyl (C=O) groups is 3. The number of carbonyl (C=O) groups excluding carboxylic acids is 3. The van der Waals surface area contributed by atoms with Gasteiger partial charge in [0.05, 0.1) is 11.3 Å². The molecular formula is C15H15N3O3. The Morgan fingerprint density at radius 2 is 2.05 bits per heavy atom. The van der Waals surface area contributed by atoms with Gasteiger partial charge in [0.15, 0.2) is 0 Å². The molecule has 6 heteroatoms. The molecule has 1 saturated heterocycles. The number of hydrogen-bond acceptors (Lipinski definition) is 4. The molecule has 2 aliphatic rings. The molecule has 0 bridgehead atoms. The Labute approximate surface area is 121 Å². The molecule has 6 nitrogen and oxygen atoms in total. The highest BCUT2D eigenvalue weighted by Crippen LogP contribution is 2.44. The fraction of sp³-hybridized carbons (Fsp3) is 0.333. The highest BCUT2D eigenvalue weighted by Gasteiger charge is 2.56. The number of fused-ring (bicyclic) bond motifs is 1. The van der Waals surface area contributed by atoms with E-state index < -0.39 is 17.2 Å². The molecule has 1 aromatic rings. The van der Waals surface area contributed by atoms with Crippen molar-refractivity contribution in [2.45, 2.75) is 19.8 Å². The monoisotopic (exact) mass is 285 g/mol. The van der Waals surface area contributed by atoms with Crippen LogP contribution in [0.15, 0.2) is 36.7 Å². The summed E-state index contributed by atoms with van der Waals surface area (Å²) in [5, 5.41) is 0.875. The van der Waals surface area contributed by atoms with Gasteiger partial charge < -0.3 is 0 Å². The van der Waals surface area contributed by atoms with Gasteiger partial charge >= 0.3 is 0 Å². The fourth-order valence-corrected chi connectivity index (χ4v) is 2.86. The summed E-state index contributed by atoms with van der Waals surface area (Å²) in [4.78, 5) is 40.8. The summed E-state index contributed by atoms with van der Waals surface area (Å²) in [6.45, 7) is 1.78. The lowest BCUT2D eigenvalue weighted by Crippen LogP contribution is -2.47. The number of nitrogens with one attached hydrogen (secondary N) is 1. The molecule has 2 heterocycles. The first kappa shape index (κ1) is 13.5. The predicted molar refractivity (Wildman–Crippen MR) is 73.5 cm³/mol. The Morgan fingerprint density at radius 1 is 1.33 bits per heavy atom. The van der Waals surface area contributed by atoms with E-state index in [1.54, 1.807) is 6.92 Å². The number of imide groups is 1. The number of hydrogen-bond donors (Lipinski definition) is 1. The largest absolute Gasteiger partial charge is 0.272 e. The van der Waals surface area contributed by atoms with Gasteiger partial charge in [-0.15, -0.1) is 0 Å². The topological polar surface area (TPSA) is 79.4 Å². The van der Waals surface area contributed by atoms with E-state index in [-0.39, 0.29) is 11.8 Å². The van der Waals surface area contributed by atoms with E-state index in [1.165, 1.54) is 24.5 Å². The van der Waals surface area contributed by atoms with Crippen LogP contribution in [-0.2, 0) is 9.59 Å². The van der Waals surface area contributed by atoms with Crippen LogP contribution in [0.2, 0.25) is 0 Å². The van der Waals surface area contributed by atoms with Crippen molar-refractivity contribution in [1.82, 2.24) is 15.4 Å². The molecule has 1 aliphatic carbocycles. The summed E-state index contributed by atoms with van der Waals surface area (Å²) in [5.74, 6) is -1.57. The molecule has 0 saturated carbocycles. The van der Waals surface area contributed by atoms with Gasteiger partial charge in [-0.1, -0.05) is 12.2 Å². The van der Waals surface area contributed by atoms with Crippen LogP contribution in [-0.4, -0.2) is 27.7 Å². The van der Waals surface area contributed by atoms with Crippen LogP contribution >= 0.6 is 0 Å². The highest BCUT2D eigenvalue weighted by molar-refractivity contribution is 6.09. The van der Waals surface area contributed by atoms with Crippen LogP contribution in [0.4, 0.5) is 0 Å². The fourth-order valence-electron chi connectivity index (χ4n) is 2.86. The zero-order valence-electron chi connectivity index (χ0n) is 11.6. The molecule has 108 valence electrons. The number of allylic oxidation sites excluding steroid dienone is 2. The van der Waals surface area contributed by atoms with E-state index in [9.17, 15) is 14.4 Å². The van der Waals surface area contributed by atoms with Crippen molar-refractivity contribution in [3.63, 3.8) is 0 Å². The van der Waals surface area contributed by atoms with E-state index in [1.807, 2.05) is 12.2 Å². The lowest BCUT2D eigenvalue weighted by molar-refractivity contribution is -0.144. The second kappa shape index (κ2) is 4.80. The van der Waals surface area contributed by atoms with Crippen LogP contribution in [0.5, 0.6) is 0 Å². The summed E-state index contributed by atoms with van der Waals surface area (Å²) in [6.07, 6.45) is 7.83. The lowest BCUT2D eigenvalue weighted by Gasteiger charge is -2.27. The Kier molecular flexibility index (Phi) is 3.08. The smallest absolute Gasteiger partial charge is 0.270 e. The maximum absolute atomic E-state index is 12.5. The third-order valence-electron chi connectivity index (χ3n) is 4.22. The molecule has 0 radical (unpaired) electrons. The van der Waals surface area contributed by atoms with Crippen molar-refractivity contribution in [3.8, 4) is 0 Å². The van der Waals surface area contributed by atoms with Gasteiger partial charge in [0.1, 0.15) is 0 Å². The molecule has 2 atom stereocenters. The molecule has 1 aliphatic heterocycles. The Morgan fingerprint density at radius 3 is 2.71 bits per heavy atom. The number of hydrazine groups is 1. The summed E-state index contributed by atoms with van der Waals surface area (Å²) >= 11 is 0. The van der Waals surface area contributed by atoms with Gasteiger partial charge in [-0.05, 0) is 31.9 Å². The second-order valence-electron chi connectivity index (χ2n) is 5.54.